The van der Waals surface area contributed by atoms with Gasteiger partial charge in [0.25, 0.3) is 5.91 Å². The lowest BCUT2D eigenvalue weighted by Crippen LogP contribution is -2.54. The molecule has 2 fully saturated rings. The Hall–Kier alpha value is -4.74. The summed E-state index contributed by atoms with van der Waals surface area (Å²) < 4.78 is 95.6. The van der Waals surface area contributed by atoms with Crippen LogP contribution in [0, 0.1) is 0 Å². The number of hydrogen-bond acceptors (Lipinski definition) is 7. The van der Waals surface area contributed by atoms with Gasteiger partial charge in [0, 0.05) is 63.1 Å². The fourth-order valence-electron chi connectivity index (χ4n) is 9.41. The molecule has 10 nitrogen and oxygen atoms in total. The van der Waals surface area contributed by atoms with Crippen LogP contribution in [0.25, 0.3) is 0 Å². The zero-order chi connectivity index (χ0) is 47.4. The average molecular weight is 963 g/mol. The molecule has 0 radical (unpaired) electrons. The van der Waals surface area contributed by atoms with Crippen LogP contribution in [0.5, 0.6) is 0 Å². The fraction of sp³-hybridized carbons (Fsp3) is 0.458. The number of alkyl halides is 6. The van der Waals surface area contributed by atoms with E-state index >= 15 is 0 Å². The van der Waals surface area contributed by atoms with Crippen LogP contribution < -0.4 is 0 Å². The maximum absolute atomic E-state index is 13.9. The predicted molar refractivity (Wildman–Crippen MR) is 236 cm³/mol. The van der Waals surface area contributed by atoms with Crippen molar-refractivity contribution in [2.45, 2.75) is 68.0 Å². The highest BCUT2D eigenvalue weighted by Crippen LogP contribution is 2.48. The lowest BCUT2D eigenvalue weighted by atomic mass is 9.72. The second kappa shape index (κ2) is 20.2. The second-order valence-corrected chi connectivity index (χ2v) is 18.2. The van der Waals surface area contributed by atoms with Crippen LogP contribution >= 0.6 is 23.2 Å². The Labute approximate surface area is 389 Å². The van der Waals surface area contributed by atoms with E-state index < -0.39 is 40.6 Å². The minimum Gasteiger partial charge on any atom is -0.367 e. The summed E-state index contributed by atoms with van der Waals surface area (Å²) in [5.74, 6) is -1.21. The molecular formula is C48H51Cl2F6N5O5. The standard InChI is InChI=1S/C48H51Cl2F6N5O5/c1-58(42(62)29-37-9-5-6-16-57-37)17-7-18-59(2)43(63)30-65-41-26-32-8-3-4-10-38(32)45(41)13-19-60(20-14-45)21-15-46(34-11-12-39(49)40(50)28-34)31-61(22-23-66-46)44(64)33-24-35(47(51,52)53)27-36(25-33)48(54,55)56/h3-6,8-12,16,24-25,27-28,41H,7,13-15,17-23,26,29-31H2,1-2H3/t41-,46-/m0/s1. The number of carbonyl (C=O) groups excluding carboxylic acids is 3. The molecule has 2 atom stereocenters. The van der Waals surface area contributed by atoms with E-state index in [4.69, 9.17) is 32.7 Å². The summed E-state index contributed by atoms with van der Waals surface area (Å²) in [6, 6.07) is 19.4. The predicted octanol–water partition coefficient (Wildman–Crippen LogP) is 8.71. The van der Waals surface area contributed by atoms with Gasteiger partial charge in [-0.15, -0.1) is 0 Å². The number of rotatable bonds is 14. The maximum atomic E-state index is 13.9. The van der Waals surface area contributed by atoms with Crippen LogP contribution in [0.1, 0.15) is 69.6 Å². The molecule has 1 aliphatic carbocycles. The van der Waals surface area contributed by atoms with E-state index in [-0.39, 0.29) is 72.2 Å². The molecule has 3 heterocycles. The molecule has 3 aromatic carbocycles. The second-order valence-electron chi connectivity index (χ2n) is 17.4. The summed E-state index contributed by atoms with van der Waals surface area (Å²) in [6.07, 6.45) is -5.71. The van der Waals surface area contributed by atoms with Gasteiger partial charge in [-0.05, 0) is 104 Å². The zero-order valence-electron chi connectivity index (χ0n) is 36.6. The highest BCUT2D eigenvalue weighted by Gasteiger charge is 2.50. The molecule has 4 aromatic rings. The number of ether oxygens (including phenoxy) is 2. The van der Waals surface area contributed by atoms with E-state index in [1.54, 1.807) is 60.4 Å². The van der Waals surface area contributed by atoms with E-state index in [1.165, 1.54) is 10.5 Å². The first-order valence-electron chi connectivity index (χ1n) is 21.8. The zero-order valence-corrected chi connectivity index (χ0v) is 38.1. The van der Waals surface area contributed by atoms with E-state index in [9.17, 15) is 40.7 Å². The molecule has 2 aliphatic heterocycles. The van der Waals surface area contributed by atoms with Gasteiger partial charge in [-0.1, -0.05) is 59.6 Å². The molecule has 0 unspecified atom stereocenters. The van der Waals surface area contributed by atoms with Crippen LogP contribution in [-0.4, -0.2) is 122 Å². The lowest BCUT2D eigenvalue weighted by molar-refractivity contribution is -0.143. The molecule has 66 heavy (non-hydrogen) atoms. The van der Waals surface area contributed by atoms with Crippen molar-refractivity contribution < 1.29 is 50.2 Å². The molecule has 354 valence electrons. The number of likely N-dealkylation sites (N-methyl/N-ethyl adjacent to an activating group) is 2. The third kappa shape index (κ3) is 11.2. The van der Waals surface area contributed by atoms with Crippen LogP contribution in [0.2, 0.25) is 10.0 Å². The van der Waals surface area contributed by atoms with Gasteiger partial charge in [-0.2, -0.15) is 26.3 Å². The highest BCUT2D eigenvalue weighted by atomic mass is 35.5. The van der Waals surface area contributed by atoms with Crippen molar-refractivity contribution in [2.24, 2.45) is 0 Å². The van der Waals surface area contributed by atoms with Gasteiger partial charge in [-0.25, -0.2) is 0 Å². The summed E-state index contributed by atoms with van der Waals surface area (Å²) in [4.78, 5) is 50.9. The summed E-state index contributed by atoms with van der Waals surface area (Å²) >= 11 is 12.7. The first-order chi connectivity index (χ1) is 31.3. The van der Waals surface area contributed by atoms with Gasteiger partial charge in [0.05, 0.1) is 46.8 Å². The smallest absolute Gasteiger partial charge is 0.367 e. The summed E-state index contributed by atoms with van der Waals surface area (Å²) in [5.41, 5.74) is -1.90. The van der Waals surface area contributed by atoms with E-state index in [2.05, 4.69) is 22.0 Å². The van der Waals surface area contributed by atoms with Gasteiger partial charge in [0.15, 0.2) is 0 Å². The quantitative estimate of drug-likeness (QED) is 0.117. The van der Waals surface area contributed by atoms with Gasteiger partial charge in [0.2, 0.25) is 11.8 Å². The Morgan fingerprint density at radius 1 is 0.833 bits per heavy atom. The minimum absolute atomic E-state index is 0.00341. The molecule has 3 amide bonds. The molecule has 1 spiro atoms. The molecule has 7 rings (SSSR count). The van der Waals surface area contributed by atoms with Crippen molar-refractivity contribution in [3.05, 3.63) is 134 Å². The number of benzene rings is 3. The molecule has 0 bridgehead atoms. The molecule has 2 saturated heterocycles. The Morgan fingerprint density at radius 3 is 2.15 bits per heavy atom. The largest absolute Gasteiger partial charge is 0.416 e. The summed E-state index contributed by atoms with van der Waals surface area (Å²) in [7, 11) is 3.46. The van der Waals surface area contributed by atoms with Crippen molar-refractivity contribution in [1.29, 1.82) is 0 Å². The van der Waals surface area contributed by atoms with Crippen LogP contribution in [0.3, 0.4) is 0 Å². The van der Waals surface area contributed by atoms with Gasteiger partial charge in [0.1, 0.15) is 12.2 Å². The molecule has 0 N–H and O–H groups in total. The molecule has 0 saturated carbocycles. The monoisotopic (exact) mass is 961 g/mol. The Bertz CT molecular complexity index is 2350. The van der Waals surface area contributed by atoms with Crippen LogP contribution in [-0.2, 0) is 55.3 Å². The number of aromatic nitrogens is 1. The summed E-state index contributed by atoms with van der Waals surface area (Å²) in [5, 5.41) is 0.473. The number of fused-ring (bicyclic) bond motifs is 2. The third-order valence-electron chi connectivity index (χ3n) is 13.2. The number of halogens is 8. The first-order valence-corrected chi connectivity index (χ1v) is 22.5. The van der Waals surface area contributed by atoms with Crippen molar-refractivity contribution in [1.82, 2.24) is 24.6 Å². The third-order valence-corrected chi connectivity index (χ3v) is 14.0. The normalized spacial score (nSPS) is 19.7. The average Bonchev–Trinajstić information content (AvgIpc) is 3.59. The number of carbonyl (C=O) groups is 3. The Morgan fingerprint density at radius 2 is 1.50 bits per heavy atom. The van der Waals surface area contributed by atoms with Gasteiger partial charge < -0.3 is 29.1 Å². The number of piperidine rings is 1. The maximum Gasteiger partial charge on any atom is 0.416 e. The number of pyridine rings is 1. The molecular weight excluding hydrogens is 911 g/mol. The van der Waals surface area contributed by atoms with E-state index in [0.717, 1.165) is 5.56 Å². The van der Waals surface area contributed by atoms with Crippen LogP contribution in [0.4, 0.5) is 26.3 Å². The number of nitrogens with zero attached hydrogens (tertiary/aromatic N) is 5. The fourth-order valence-corrected chi connectivity index (χ4v) is 9.71. The van der Waals surface area contributed by atoms with Crippen molar-refractivity contribution in [3.63, 3.8) is 0 Å². The van der Waals surface area contributed by atoms with Crippen molar-refractivity contribution in [3.8, 4) is 0 Å². The molecule has 1 aromatic heterocycles. The van der Waals surface area contributed by atoms with Crippen molar-refractivity contribution >= 4 is 40.9 Å². The van der Waals surface area contributed by atoms with E-state index in [1.807, 2.05) is 18.2 Å². The van der Waals surface area contributed by atoms with Crippen molar-refractivity contribution in [2.75, 3.05) is 73.1 Å². The topological polar surface area (TPSA) is 95.5 Å². The Balaban J connectivity index is 1.00. The van der Waals surface area contributed by atoms with Gasteiger partial charge in [-0.3, -0.25) is 19.4 Å². The summed E-state index contributed by atoms with van der Waals surface area (Å²) in [6.45, 7) is 2.25. The Kier molecular flexibility index (Phi) is 15.1. The lowest BCUT2D eigenvalue weighted by Gasteiger charge is -2.46. The number of likely N-dealkylation sites (tertiary alicyclic amines) is 1. The first kappa shape index (κ1) is 49.2. The molecule has 18 heteroatoms. The van der Waals surface area contributed by atoms with E-state index in [0.29, 0.717) is 88.2 Å². The number of morpholine rings is 1. The SMILES string of the molecule is CN(CCCN(C)C(=O)Cc1ccccn1)C(=O)CO[C@H]1Cc2ccccc2C12CCN(CC[C@@]1(c3ccc(Cl)c(Cl)c3)CN(C(=O)c3cc(C(F)(F)F)cc(C(F)(F)F)c3)CCO1)CC2. The van der Waals surface area contributed by atoms with Crippen LogP contribution in [0.15, 0.2) is 85.1 Å². The minimum atomic E-state index is -5.12. The van der Waals surface area contributed by atoms with Gasteiger partial charge >= 0.3 is 12.4 Å². The highest BCUT2D eigenvalue weighted by molar-refractivity contribution is 6.42. The molecule has 3 aliphatic rings. The number of amides is 3. The number of hydrogen-bond donors (Lipinski definition) is 0.